The van der Waals surface area contributed by atoms with Crippen LogP contribution in [-0.4, -0.2) is 22.8 Å². The number of fused-ring (bicyclic) bond motifs is 1. The minimum atomic E-state index is -0.506. The summed E-state index contributed by atoms with van der Waals surface area (Å²) >= 11 is 7.26. The quantitative estimate of drug-likeness (QED) is 0.866. The van der Waals surface area contributed by atoms with Gasteiger partial charge in [0.25, 0.3) is 0 Å². The fourth-order valence-corrected chi connectivity index (χ4v) is 3.78. The number of thioether (sulfide) groups is 1. The molecule has 124 valence electrons. The summed E-state index contributed by atoms with van der Waals surface area (Å²) in [7, 11) is 0. The van der Waals surface area contributed by atoms with Crippen molar-refractivity contribution in [2.45, 2.75) is 29.9 Å². The highest BCUT2D eigenvalue weighted by Crippen LogP contribution is 2.38. The first-order chi connectivity index (χ1) is 11.4. The van der Waals surface area contributed by atoms with Crippen LogP contribution < -0.4 is 10.6 Å². The zero-order valence-electron chi connectivity index (χ0n) is 12.9. The number of hydrogen-bond acceptors (Lipinski definition) is 4. The molecule has 1 aromatic rings. The second-order valence-electron chi connectivity index (χ2n) is 5.60. The van der Waals surface area contributed by atoms with Gasteiger partial charge < -0.3 is 10.6 Å². The number of benzene rings is 1. The molecule has 0 fully saturated rings. The van der Waals surface area contributed by atoms with Crippen molar-refractivity contribution in [3.8, 4) is 0 Å². The average molecular weight is 363 g/mol. The van der Waals surface area contributed by atoms with E-state index in [0.717, 1.165) is 10.5 Å². The summed E-state index contributed by atoms with van der Waals surface area (Å²) in [6.45, 7) is 1.77. The number of allylic oxidation sites excluding steroid dienone is 3. The lowest BCUT2D eigenvalue weighted by Gasteiger charge is -2.24. The number of nitrogens with one attached hydrogen (secondary N) is 2. The average Bonchev–Trinajstić information content (AvgIpc) is 2.51. The molecule has 0 aromatic heterocycles. The van der Waals surface area contributed by atoms with Gasteiger partial charge in [-0.15, -0.1) is 11.8 Å². The van der Waals surface area contributed by atoms with Gasteiger partial charge >= 0.3 is 0 Å². The molecule has 2 amide bonds. The lowest BCUT2D eigenvalue weighted by atomic mass is 10.0. The third-order valence-corrected chi connectivity index (χ3v) is 5.23. The van der Waals surface area contributed by atoms with Gasteiger partial charge in [-0.2, -0.15) is 0 Å². The van der Waals surface area contributed by atoms with E-state index in [1.165, 1.54) is 17.8 Å². The fraction of sp³-hybridized carbons (Fsp3) is 0.235. The third-order valence-electron chi connectivity index (χ3n) is 3.72. The second-order valence-corrected chi connectivity index (χ2v) is 7.29. The fourth-order valence-electron chi connectivity index (χ4n) is 2.52. The topological polar surface area (TPSA) is 75.3 Å². The highest BCUT2D eigenvalue weighted by atomic mass is 35.5. The van der Waals surface area contributed by atoms with E-state index in [2.05, 4.69) is 10.6 Å². The van der Waals surface area contributed by atoms with Gasteiger partial charge in [0.15, 0.2) is 5.78 Å². The first kappa shape index (κ1) is 16.8. The number of ketones is 1. The number of hydrogen-bond donors (Lipinski definition) is 2. The van der Waals surface area contributed by atoms with Crippen molar-refractivity contribution in [1.29, 1.82) is 0 Å². The molecular formula is C17H15ClN2O3S. The molecule has 1 aliphatic heterocycles. The molecule has 1 heterocycles. The van der Waals surface area contributed by atoms with E-state index >= 15 is 0 Å². The molecule has 0 radical (unpaired) electrons. The van der Waals surface area contributed by atoms with Crippen molar-refractivity contribution < 1.29 is 14.4 Å². The highest BCUT2D eigenvalue weighted by Gasteiger charge is 2.29. The molecule has 5 nitrogen and oxygen atoms in total. The third kappa shape index (κ3) is 3.71. The summed E-state index contributed by atoms with van der Waals surface area (Å²) in [5.41, 5.74) is 2.02. The molecule has 2 N–H and O–H groups in total. The summed E-state index contributed by atoms with van der Waals surface area (Å²) < 4.78 is 0. The maximum absolute atomic E-state index is 12.2. The molecule has 7 heteroatoms. The molecule has 1 aromatic carbocycles. The Kier molecular flexibility index (Phi) is 4.78. The predicted molar refractivity (Wildman–Crippen MR) is 94.0 cm³/mol. The zero-order valence-corrected chi connectivity index (χ0v) is 14.5. The Hall–Kier alpha value is -2.05. The Labute approximate surface area is 148 Å². The molecule has 0 spiro atoms. The van der Waals surface area contributed by atoms with E-state index < -0.39 is 5.25 Å². The molecule has 1 atom stereocenters. The largest absolute Gasteiger partial charge is 0.326 e. The van der Waals surface area contributed by atoms with Gasteiger partial charge in [0.2, 0.25) is 11.8 Å². The summed E-state index contributed by atoms with van der Waals surface area (Å²) in [4.78, 5) is 36.6. The van der Waals surface area contributed by atoms with Crippen molar-refractivity contribution in [2.24, 2.45) is 0 Å². The minimum Gasteiger partial charge on any atom is -0.326 e. The summed E-state index contributed by atoms with van der Waals surface area (Å²) in [6, 6.07) is 5.27. The first-order valence-corrected chi connectivity index (χ1v) is 8.67. The Morgan fingerprint density at radius 3 is 2.96 bits per heavy atom. The van der Waals surface area contributed by atoms with Crippen LogP contribution in [0.15, 0.2) is 46.5 Å². The molecule has 2 aliphatic rings. The van der Waals surface area contributed by atoms with Gasteiger partial charge in [0.1, 0.15) is 0 Å². The van der Waals surface area contributed by atoms with E-state index in [1.54, 1.807) is 25.1 Å². The van der Waals surface area contributed by atoms with Crippen molar-refractivity contribution in [3.63, 3.8) is 0 Å². The molecule has 1 aliphatic carbocycles. The van der Waals surface area contributed by atoms with Crippen LogP contribution in [0.5, 0.6) is 0 Å². The number of amides is 2. The van der Waals surface area contributed by atoms with Crippen molar-refractivity contribution in [3.05, 3.63) is 46.6 Å². The summed E-state index contributed by atoms with van der Waals surface area (Å²) in [6.07, 6.45) is 3.54. The van der Waals surface area contributed by atoms with Gasteiger partial charge in [-0.25, -0.2) is 0 Å². The number of carbonyl (C=O) groups excluding carboxylic acids is 3. The van der Waals surface area contributed by atoms with Crippen LogP contribution in [0.3, 0.4) is 0 Å². The van der Waals surface area contributed by atoms with E-state index in [9.17, 15) is 14.4 Å². The van der Waals surface area contributed by atoms with Crippen LogP contribution in [0, 0.1) is 0 Å². The number of rotatable bonds is 3. The van der Waals surface area contributed by atoms with Crippen LogP contribution in [0.1, 0.15) is 19.8 Å². The predicted octanol–water partition coefficient (Wildman–Crippen LogP) is 3.06. The van der Waals surface area contributed by atoms with Crippen molar-refractivity contribution in [2.75, 3.05) is 5.32 Å². The molecule has 3 rings (SSSR count). The molecular weight excluding hydrogens is 348 g/mol. The van der Waals surface area contributed by atoms with Crippen molar-refractivity contribution in [1.82, 2.24) is 5.32 Å². The van der Waals surface area contributed by atoms with E-state index in [0.29, 0.717) is 16.4 Å². The summed E-state index contributed by atoms with van der Waals surface area (Å²) in [5, 5.41) is 5.60. The molecule has 0 saturated heterocycles. The van der Waals surface area contributed by atoms with Gasteiger partial charge in [-0.3, -0.25) is 14.4 Å². The van der Waals surface area contributed by atoms with Gasteiger partial charge in [0.05, 0.1) is 10.9 Å². The monoisotopic (exact) mass is 362 g/mol. The van der Waals surface area contributed by atoms with Gasteiger partial charge in [-0.05, 0) is 36.8 Å². The van der Waals surface area contributed by atoms with Crippen LogP contribution in [0.4, 0.5) is 5.69 Å². The maximum atomic E-state index is 12.2. The Morgan fingerprint density at radius 2 is 2.21 bits per heavy atom. The van der Waals surface area contributed by atoms with Crippen LogP contribution in [0.25, 0.3) is 0 Å². The maximum Gasteiger partial charge on any atom is 0.238 e. The number of halogens is 1. The van der Waals surface area contributed by atoms with Crippen LogP contribution in [-0.2, 0) is 14.4 Å². The number of anilines is 1. The zero-order chi connectivity index (χ0) is 17.3. The molecule has 0 bridgehead atoms. The highest BCUT2D eigenvalue weighted by molar-refractivity contribution is 8.01. The Morgan fingerprint density at radius 1 is 1.42 bits per heavy atom. The first-order valence-electron chi connectivity index (χ1n) is 7.41. The molecule has 0 saturated carbocycles. The summed E-state index contributed by atoms with van der Waals surface area (Å²) in [5.74, 6) is -0.457. The lowest BCUT2D eigenvalue weighted by Crippen LogP contribution is -2.35. The smallest absolute Gasteiger partial charge is 0.238 e. The van der Waals surface area contributed by atoms with Crippen LogP contribution >= 0.6 is 23.4 Å². The van der Waals surface area contributed by atoms with Gasteiger partial charge in [0, 0.05) is 28.5 Å². The van der Waals surface area contributed by atoms with E-state index in [4.69, 9.17) is 11.6 Å². The van der Waals surface area contributed by atoms with Crippen molar-refractivity contribution >= 4 is 46.6 Å². The van der Waals surface area contributed by atoms with Crippen LogP contribution in [0.2, 0.25) is 5.02 Å². The number of carbonyl (C=O) groups is 3. The molecule has 1 unspecified atom stereocenters. The lowest BCUT2D eigenvalue weighted by molar-refractivity contribution is -0.123. The normalized spacial score (nSPS) is 19.8. The standard InChI is InChI=1S/C17H15ClN2O3S/c1-9-6-11(21)3-4-12(9)19-16(22)8-15-17(23)20-13-7-10(18)2-5-14(13)24-15/h2,4-7,15H,3,8H2,1H3,(H,19,22)(H,20,23). The van der Waals surface area contributed by atoms with E-state index in [1.807, 2.05) is 6.07 Å². The second kappa shape index (κ2) is 6.83. The minimum absolute atomic E-state index is 0.0166. The van der Waals surface area contributed by atoms with Gasteiger partial charge in [-0.1, -0.05) is 17.7 Å². The van der Waals surface area contributed by atoms with E-state index in [-0.39, 0.29) is 30.4 Å². The Bertz CT molecular complexity index is 801. The molecule has 24 heavy (non-hydrogen) atoms. The SMILES string of the molecule is CC1=CC(=O)CC=C1NC(=O)CC1Sc2ccc(Cl)cc2NC1=O. The Balaban J connectivity index is 1.65.